The topological polar surface area (TPSA) is 58.2 Å². The molecule has 0 saturated heterocycles. The van der Waals surface area contributed by atoms with Crippen molar-refractivity contribution in [2.75, 3.05) is 24.1 Å². The van der Waals surface area contributed by atoms with Crippen LogP contribution in [0.1, 0.15) is 12.8 Å². The molecule has 0 aromatic heterocycles. The van der Waals surface area contributed by atoms with Crippen LogP contribution >= 0.6 is 27.5 Å². The zero-order valence-electron chi connectivity index (χ0n) is 10.0. The van der Waals surface area contributed by atoms with Crippen molar-refractivity contribution in [3.8, 4) is 0 Å². The van der Waals surface area contributed by atoms with Crippen molar-refractivity contribution in [3.63, 3.8) is 0 Å². The maximum Gasteiger partial charge on any atom is 0.232 e. The first-order valence-electron chi connectivity index (χ1n) is 5.55. The van der Waals surface area contributed by atoms with Gasteiger partial charge in [-0.1, -0.05) is 17.7 Å². The minimum absolute atomic E-state index is 0.105. The molecule has 0 aliphatic heterocycles. The summed E-state index contributed by atoms with van der Waals surface area (Å²) in [6, 6.07) is 5.06. The predicted octanol–water partition coefficient (Wildman–Crippen LogP) is 2.84. The van der Waals surface area contributed by atoms with Gasteiger partial charge in [0.15, 0.2) is 0 Å². The van der Waals surface area contributed by atoms with E-state index in [9.17, 15) is 8.42 Å². The average molecular weight is 356 g/mol. The monoisotopic (exact) mass is 354 g/mol. The van der Waals surface area contributed by atoms with Gasteiger partial charge in [0.1, 0.15) is 0 Å². The number of hydrogen-bond acceptors (Lipinski definition) is 3. The van der Waals surface area contributed by atoms with Gasteiger partial charge in [-0.3, -0.25) is 4.72 Å². The van der Waals surface area contributed by atoms with Crippen LogP contribution in [0.15, 0.2) is 22.7 Å². The number of anilines is 1. The summed E-state index contributed by atoms with van der Waals surface area (Å²) in [5, 5.41) is 3.46. The summed E-state index contributed by atoms with van der Waals surface area (Å²) >= 11 is 9.16. The van der Waals surface area contributed by atoms with E-state index in [2.05, 4.69) is 26.0 Å². The van der Waals surface area contributed by atoms with Crippen LogP contribution in [0.4, 0.5) is 5.69 Å². The van der Waals surface area contributed by atoms with Crippen molar-refractivity contribution in [2.24, 2.45) is 0 Å². The number of halogens is 2. The van der Waals surface area contributed by atoms with Crippen LogP contribution < -0.4 is 10.0 Å². The fourth-order valence-electron chi connectivity index (χ4n) is 1.40. The highest BCUT2D eigenvalue weighted by atomic mass is 79.9. The van der Waals surface area contributed by atoms with Crippen LogP contribution in [0.25, 0.3) is 0 Å². The largest absolute Gasteiger partial charge is 0.320 e. The second kappa shape index (κ2) is 7.33. The zero-order valence-corrected chi connectivity index (χ0v) is 13.2. The first-order chi connectivity index (χ1) is 8.46. The van der Waals surface area contributed by atoms with E-state index in [-0.39, 0.29) is 5.75 Å². The van der Waals surface area contributed by atoms with Crippen LogP contribution in [0.3, 0.4) is 0 Å². The maximum absolute atomic E-state index is 11.8. The van der Waals surface area contributed by atoms with Crippen molar-refractivity contribution in [1.29, 1.82) is 0 Å². The molecule has 0 spiro atoms. The summed E-state index contributed by atoms with van der Waals surface area (Å²) in [6.07, 6.45) is 1.45. The summed E-state index contributed by atoms with van der Waals surface area (Å²) in [5.74, 6) is 0.105. The molecule has 18 heavy (non-hydrogen) atoms. The summed E-state index contributed by atoms with van der Waals surface area (Å²) in [6.45, 7) is 0.816. The second-order valence-corrected chi connectivity index (χ2v) is 6.88. The van der Waals surface area contributed by atoms with Gasteiger partial charge in [0.25, 0.3) is 0 Å². The number of rotatable bonds is 7. The molecule has 7 heteroatoms. The highest BCUT2D eigenvalue weighted by Gasteiger charge is 2.13. The fraction of sp³-hybridized carbons (Fsp3) is 0.455. The molecule has 102 valence electrons. The first-order valence-corrected chi connectivity index (χ1v) is 8.37. The smallest absolute Gasteiger partial charge is 0.232 e. The Kier molecular flexibility index (Phi) is 6.42. The summed E-state index contributed by atoms with van der Waals surface area (Å²) in [4.78, 5) is 0. The van der Waals surface area contributed by atoms with Gasteiger partial charge in [0.05, 0.1) is 20.9 Å². The molecule has 1 aromatic rings. The molecule has 0 bridgehead atoms. The number of nitrogens with one attached hydrogen (secondary N) is 2. The highest BCUT2D eigenvalue weighted by molar-refractivity contribution is 9.10. The van der Waals surface area contributed by atoms with E-state index in [0.29, 0.717) is 21.6 Å². The Labute approximate surface area is 121 Å². The van der Waals surface area contributed by atoms with Gasteiger partial charge < -0.3 is 5.32 Å². The van der Waals surface area contributed by atoms with Crippen molar-refractivity contribution >= 4 is 43.2 Å². The van der Waals surface area contributed by atoms with E-state index >= 15 is 0 Å². The molecule has 0 aliphatic carbocycles. The van der Waals surface area contributed by atoms with Crippen molar-refractivity contribution in [2.45, 2.75) is 12.8 Å². The second-order valence-electron chi connectivity index (χ2n) is 3.83. The van der Waals surface area contributed by atoms with E-state index in [4.69, 9.17) is 11.6 Å². The molecule has 0 fully saturated rings. The van der Waals surface area contributed by atoms with Gasteiger partial charge in [-0.15, -0.1) is 0 Å². The molecule has 0 unspecified atom stereocenters. The molecule has 0 amide bonds. The number of hydrogen-bond donors (Lipinski definition) is 2. The van der Waals surface area contributed by atoms with Crippen molar-refractivity contribution < 1.29 is 8.42 Å². The van der Waals surface area contributed by atoms with Gasteiger partial charge in [-0.25, -0.2) is 8.42 Å². The number of benzene rings is 1. The molecule has 0 heterocycles. The molecule has 1 rings (SSSR count). The standard InChI is InChI=1S/C11H16BrClN2O2S/c1-14-7-2-3-8-18(16,17)15-10-6-4-5-9(13)11(10)12/h4-6,14-15H,2-3,7-8H2,1H3. The quantitative estimate of drug-likeness (QED) is 0.739. The highest BCUT2D eigenvalue weighted by Crippen LogP contribution is 2.30. The van der Waals surface area contributed by atoms with Crippen molar-refractivity contribution in [3.05, 3.63) is 27.7 Å². The molecule has 2 N–H and O–H groups in total. The third-order valence-electron chi connectivity index (χ3n) is 2.31. The SMILES string of the molecule is CNCCCCS(=O)(=O)Nc1cccc(Cl)c1Br. The molecular weight excluding hydrogens is 340 g/mol. The van der Waals surface area contributed by atoms with E-state index < -0.39 is 10.0 Å². The Morgan fingerprint density at radius 3 is 2.72 bits per heavy atom. The molecule has 4 nitrogen and oxygen atoms in total. The number of sulfonamides is 1. The van der Waals surface area contributed by atoms with Crippen LogP contribution in [-0.4, -0.2) is 27.8 Å². The summed E-state index contributed by atoms with van der Waals surface area (Å²) in [7, 11) is -1.48. The fourth-order valence-corrected chi connectivity index (χ4v) is 3.26. The maximum atomic E-state index is 11.8. The molecule has 0 saturated carbocycles. The first kappa shape index (κ1) is 15.8. The lowest BCUT2D eigenvalue weighted by atomic mass is 10.3. The van der Waals surface area contributed by atoms with E-state index in [0.717, 1.165) is 13.0 Å². The third kappa shape index (κ3) is 5.14. The lowest BCUT2D eigenvalue weighted by Crippen LogP contribution is -2.18. The van der Waals surface area contributed by atoms with Gasteiger partial charge >= 0.3 is 0 Å². The third-order valence-corrected chi connectivity index (χ3v) is 5.06. The minimum Gasteiger partial charge on any atom is -0.320 e. The Hall–Kier alpha value is -0.300. The summed E-state index contributed by atoms with van der Waals surface area (Å²) in [5.41, 5.74) is 0.469. The Bertz CT molecular complexity index is 494. The van der Waals surface area contributed by atoms with E-state index in [1.165, 1.54) is 0 Å². The Balaban J connectivity index is 2.62. The van der Waals surface area contributed by atoms with Crippen LogP contribution in [0.2, 0.25) is 5.02 Å². The van der Waals surface area contributed by atoms with Gasteiger partial charge in [-0.2, -0.15) is 0 Å². The lowest BCUT2D eigenvalue weighted by Gasteiger charge is -2.10. The van der Waals surface area contributed by atoms with Crippen LogP contribution in [0.5, 0.6) is 0 Å². The van der Waals surface area contributed by atoms with Gasteiger partial charge in [-0.05, 0) is 54.5 Å². The Morgan fingerprint density at radius 2 is 2.06 bits per heavy atom. The number of unbranched alkanes of at least 4 members (excludes halogenated alkanes) is 1. The van der Waals surface area contributed by atoms with Crippen molar-refractivity contribution in [1.82, 2.24) is 5.32 Å². The van der Waals surface area contributed by atoms with Gasteiger partial charge in [0.2, 0.25) is 10.0 Å². The molecule has 0 radical (unpaired) electrons. The normalized spacial score (nSPS) is 11.5. The van der Waals surface area contributed by atoms with E-state index in [1.807, 2.05) is 7.05 Å². The lowest BCUT2D eigenvalue weighted by molar-refractivity contribution is 0.595. The molecule has 1 aromatic carbocycles. The van der Waals surface area contributed by atoms with E-state index in [1.54, 1.807) is 18.2 Å². The predicted molar refractivity (Wildman–Crippen MR) is 79.7 cm³/mol. The average Bonchev–Trinajstić information content (AvgIpc) is 2.31. The van der Waals surface area contributed by atoms with Crippen LogP contribution in [0, 0.1) is 0 Å². The Morgan fingerprint density at radius 1 is 1.33 bits per heavy atom. The zero-order chi connectivity index (χ0) is 13.6. The molecule has 0 aliphatic rings. The van der Waals surface area contributed by atoms with Crippen LogP contribution in [-0.2, 0) is 10.0 Å². The molecular formula is C11H16BrClN2O2S. The summed E-state index contributed by atoms with van der Waals surface area (Å²) < 4.78 is 26.7. The minimum atomic E-state index is -3.32. The molecule has 0 atom stereocenters. The van der Waals surface area contributed by atoms with Gasteiger partial charge in [0, 0.05) is 0 Å².